The molecule has 0 saturated carbocycles. The molecule has 0 unspecified atom stereocenters. The van der Waals surface area contributed by atoms with E-state index in [2.05, 4.69) is 5.32 Å². The molecule has 1 aromatic rings. The maximum atomic E-state index is 12.2. The van der Waals surface area contributed by atoms with Crippen LogP contribution in [-0.4, -0.2) is 43.5 Å². The van der Waals surface area contributed by atoms with Gasteiger partial charge in [0.25, 0.3) is 0 Å². The van der Waals surface area contributed by atoms with Crippen LogP contribution in [0.4, 0.5) is 10.5 Å². The zero-order valence-electron chi connectivity index (χ0n) is 12.3. The lowest BCUT2D eigenvalue weighted by atomic mass is 10.1. The third kappa shape index (κ3) is 5.63. The molecule has 0 radical (unpaired) electrons. The first-order valence-corrected chi connectivity index (χ1v) is 6.61. The van der Waals surface area contributed by atoms with E-state index in [-0.39, 0.29) is 18.2 Å². The van der Waals surface area contributed by atoms with Crippen LogP contribution in [0, 0.1) is 11.3 Å². The Balaban J connectivity index is 2.73. The topological polar surface area (TPSA) is 82.4 Å². The molecule has 0 bridgehead atoms. The van der Waals surface area contributed by atoms with Crippen LogP contribution < -0.4 is 5.32 Å². The van der Waals surface area contributed by atoms with Gasteiger partial charge in [-0.2, -0.15) is 5.26 Å². The third-order valence-corrected chi connectivity index (χ3v) is 2.87. The molecule has 0 fully saturated rings. The minimum atomic E-state index is -0.317. The number of carbonyl (C=O) groups is 2. The number of urea groups is 1. The van der Waals surface area contributed by atoms with Crippen molar-refractivity contribution in [1.29, 1.82) is 5.26 Å². The van der Waals surface area contributed by atoms with Gasteiger partial charge in [-0.05, 0) is 19.1 Å². The number of Topliss-reactive ketones (excluding diaryl/α,β-unsaturated/α-hetero) is 1. The molecule has 0 atom stereocenters. The lowest BCUT2D eigenvalue weighted by Gasteiger charge is -2.21. The van der Waals surface area contributed by atoms with Crippen molar-refractivity contribution in [3.05, 3.63) is 29.8 Å². The Morgan fingerprint density at radius 2 is 2.14 bits per heavy atom. The fourth-order valence-corrected chi connectivity index (χ4v) is 1.72. The summed E-state index contributed by atoms with van der Waals surface area (Å²) in [5, 5.41) is 11.4. The van der Waals surface area contributed by atoms with E-state index in [0.717, 1.165) is 0 Å². The Morgan fingerprint density at radius 1 is 1.38 bits per heavy atom. The van der Waals surface area contributed by atoms with E-state index < -0.39 is 0 Å². The number of ether oxygens (including phenoxy) is 1. The van der Waals surface area contributed by atoms with Crippen molar-refractivity contribution in [2.45, 2.75) is 13.3 Å². The van der Waals surface area contributed by atoms with Gasteiger partial charge in [-0.25, -0.2) is 4.79 Å². The molecule has 1 N–H and O–H groups in total. The first-order chi connectivity index (χ1) is 10.1. The van der Waals surface area contributed by atoms with E-state index in [4.69, 9.17) is 10.00 Å². The summed E-state index contributed by atoms with van der Waals surface area (Å²) < 4.78 is 4.95. The van der Waals surface area contributed by atoms with Gasteiger partial charge < -0.3 is 15.0 Å². The summed E-state index contributed by atoms with van der Waals surface area (Å²) in [6, 6.07) is 8.43. The van der Waals surface area contributed by atoms with Crippen molar-refractivity contribution in [2.24, 2.45) is 0 Å². The summed E-state index contributed by atoms with van der Waals surface area (Å²) in [6.45, 7) is 2.60. The minimum absolute atomic E-state index is 0.0631. The number of nitrogens with one attached hydrogen (secondary N) is 1. The molecular weight excluding hydrogens is 270 g/mol. The molecule has 1 rings (SSSR count). The van der Waals surface area contributed by atoms with Gasteiger partial charge in [-0.15, -0.1) is 0 Å². The fourth-order valence-electron chi connectivity index (χ4n) is 1.72. The number of hydrogen-bond acceptors (Lipinski definition) is 4. The normalized spacial score (nSPS) is 9.76. The van der Waals surface area contributed by atoms with Crippen molar-refractivity contribution in [2.75, 3.05) is 32.1 Å². The number of ketones is 1. The fraction of sp³-hybridized carbons (Fsp3) is 0.400. The molecule has 0 saturated heterocycles. The average molecular weight is 289 g/mol. The number of benzene rings is 1. The van der Waals surface area contributed by atoms with E-state index in [0.29, 0.717) is 30.9 Å². The first kappa shape index (κ1) is 16.7. The van der Waals surface area contributed by atoms with Crippen LogP contribution in [-0.2, 0) is 4.74 Å². The van der Waals surface area contributed by atoms with Gasteiger partial charge in [0, 0.05) is 31.5 Å². The Bertz CT molecular complexity index is 537. The number of nitriles is 1. The van der Waals surface area contributed by atoms with Crippen molar-refractivity contribution >= 4 is 17.5 Å². The van der Waals surface area contributed by atoms with Gasteiger partial charge in [0.1, 0.15) is 0 Å². The van der Waals surface area contributed by atoms with E-state index >= 15 is 0 Å². The molecule has 0 aliphatic rings. The SMILES string of the molecule is COCCN(CCC#N)C(=O)Nc1cccc(C(C)=O)c1. The second-order valence-electron chi connectivity index (χ2n) is 4.46. The second-order valence-corrected chi connectivity index (χ2v) is 4.46. The van der Waals surface area contributed by atoms with E-state index in [1.807, 2.05) is 6.07 Å². The zero-order valence-corrected chi connectivity index (χ0v) is 12.3. The zero-order chi connectivity index (χ0) is 15.7. The van der Waals surface area contributed by atoms with Gasteiger partial charge in [0.05, 0.1) is 19.1 Å². The van der Waals surface area contributed by atoms with Crippen LogP contribution >= 0.6 is 0 Å². The van der Waals surface area contributed by atoms with Crippen LogP contribution in [0.5, 0.6) is 0 Å². The molecule has 0 heterocycles. The molecule has 21 heavy (non-hydrogen) atoms. The second kappa shape index (κ2) is 8.72. The highest BCUT2D eigenvalue weighted by atomic mass is 16.5. The number of methoxy groups -OCH3 is 1. The Labute approximate surface area is 124 Å². The monoisotopic (exact) mass is 289 g/mol. The molecule has 0 aromatic heterocycles. The van der Waals surface area contributed by atoms with Crippen molar-refractivity contribution in [1.82, 2.24) is 4.90 Å². The minimum Gasteiger partial charge on any atom is -0.383 e. The lowest BCUT2D eigenvalue weighted by molar-refractivity contribution is 0.101. The summed E-state index contributed by atoms with van der Waals surface area (Å²) >= 11 is 0. The van der Waals surface area contributed by atoms with Gasteiger partial charge in [-0.3, -0.25) is 4.79 Å². The number of anilines is 1. The van der Waals surface area contributed by atoms with Crippen molar-refractivity contribution in [3.63, 3.8) is 0 Å². The summed E-state index contributed by atoms with van der Waals surface area (Å²) in [6.07, 6.45) is 0.255. The average Bonchev–Trinajstić information content (AvgIpc) is 2.47. The predicted molar refractivity (Wildman–Crippen MR) is 79.1 cm³/mol. The highest BCUT2D eigenvalue weighted by Crippen LogP contribution is 2.12. The number of rotatable bonds is 7. The maximum absolute atomic E-state index is 12.2. The van der Waals surface area contributed by atoms with E-state index in [1.165, 1.54) is 11.8 Å². The van der Waals surface area contributed by atoms with E-state index in [1.54, 1.807) is 31.4 Å². The summed E-state index contributed by atoms with van der Waals surface area (Å²) in [5.41, 5.74) is 1.08. The number of amides is 2. The Kier molecular flexibility index (Phi) is 6.92. The summed E-state index contributed by atoms with van der Waals surface area (Å²) in [4.78, 5) is 25.0. The predicted octanol–water partition coefficient (Wildman–Crippen LogP) is 2.28. The van der Waals surface area contributed by atoms with Crippen LogP contribution in [0.2, 0.25) is 0 Å². The summed E-state index contributed by atoms with van der Waals surface area (Å²) in [5.74, 6) is -0.0631. The quantitative estimate of drug-likeness (QED) is 0.781. The Hall–Kier alpha value is -2.39. The molecule has 6 nitrogen and oxygen atoms in total. The standard InChI is InChI=1S/C15H19N3O3/c1-12(19)13-5-3-6-14(11-13)17-15(20)18(8-4-7-16)9-10-21-2/h3,5-6,11H,4,8-10H2,1-2H3,(H,17,20). The van der Waals surface area contributed by atoms with Crippen molar-refractivity contribution in [3.8, 4) is 6.07 Å². The lowest BCUT2D eigenvalue weighted by Crippen LogP contribution is -2.38. The largest absolute Gasteiger partial charge is 0.383 e. The molecular formula is C15H19N3O3. The maximum Gasteiger partial charge on any atom is 0.321 e. The molecule has 2 amide bonds. The smallest absolute Gasteiger partial charge is 0.321 e. The van der Waals surface area contributed by atoms with Crippen LogP contribution in [0.25, 0.3) is 0 Å². The molecule has 0 spiro atoms. The highest BCUT2D eigenvalue weighted by molar-refractivity contribution is 5.96. The first-order valence-electron chi connectivity index (χ1n) is 6.61. The van der Waals surface area contributed by atoms with Gasteiger partial charge in [0.15, 0.2) is 5.78 Å². The number of nitrogens with zero attached hydrogens (tertiary/aromatic N) is 2. The summed E-state index contributed by atoms with van der Waals surface area (Å²) in [7, 11) is 1.55. The van der Waals surface area contributed by atoms with Crippen molar-refractivity contribution < 1.29 is 14.3 Å². The Morgan fingerprint density at radius 3 is 2.76 bits per heavy atom. The highest BCUT2D eigenvalue weighted by Gasteiger charge is 2.13. The van der Waals surface area contributed by atoms with Gasteiger partial charge in [-0.1, -0.05) is 12.1 Å². The third-order valence-electron chi connectivity index (χ3n) is 2.87. The van der Waals surface area contributed by atoms with Gasteiger partial charge >= 0.3 is 6.03 Å². The molecule has 6 heteroatoms. The molecule has 0 aliphatic carbocycles. The van der Waals surface area contributed by atoms with Crippen LogP contribution in [0.1, 0.15) is 23.7 Å². The van der Waals surface area contributed by atoms with Crippen LogP contribution in [0.15, 0.2) is 24.3 Å². The molecule has 112 valence electrons. The molecule has 1 aromatic carbocycles. The molecule has 0 aliphatic heterocycles. The number of hydrogen-bond donors (Lipinski definition) is 1. The van der Waals surface area contributed by atoms with E-state index in [9.17, 15) is 9.59 Å². The van der Waals surface area contributed by atoms with Crippen LogP contribution in [0.3, 0.4) is 0 Å². The number of carbonyl (C=O) groups excluding carboxylic acids is 2. The van der Waals surface area contributed by atoms with Gasteiger partial charge in [0.2, 0.25) is 0 Å².